The molecule has 3 rings (SSSR count). The molecule has 1 saturated heterocycles. The molecule has 3 N–H and O–H groups in total. The highest BCUT2D eigenvalue weighted by Gasteiger charge is 2.44. The van der Waals surface area contributed by atoms with Crippen molar-refractivity contribution in [2.24, 2.45) is 5.41 Å². The highest BCUT2D eigenvalue weighted by atomic mass is 32.1. The number of amides is 3. The molecule has 266 valence electrons. The van der Waals surface area contributed by atoms with Crippen molar-refractivity contribution < 1.29 is 43.2 Å². The molecule has 1 aromatic heterocycles. The summed E-state index contributed by atoms with van der Waals surface area (Å²) in [5, 5.41) is 16.1. The van der Waals surface area contributed by atoms with Gasteiger partial charge in [0.25, 0.3) is 0 Å². The smallest absolute Gasteiger partial charge is 0.332 e. The lowest BCUT2D eigenvalue weighted by molar-refractivity contribution is -0.160. The van der Waals surface area contributed by atoms with E-state index in [1.54, 1.807) is 37.6 Å². The topological polar surface area (TPSA) is 166 Å². The fourth-order valence-corrected chi connectivity index (χ4v) is 5.82. The lowest BCUT2D eigenvalue weighted by atomic mass is 9.85. The zero-order chi connectivity index (χ0) is 35.5. The molecule has 1 aliphatic rings. The number of aryl methyl sites for hydroxylation is 1. The van der Waals surface area contributed by atoms with Gasteiger partial charge in [0.15, 0.2) is 0 Å². The van der Waals surface area contributed by atoms with Gasteiger partial charge in [-0.3, -0.25) is 14.4 Å². The summed E-state index contributed by atoms with van der Waals surface area (Å²) in [6.45, 7) is 13.3. The van der Waals surface area contributed by atoms with Gasteiger partial charge in [-0.25, -0.2) is 9.78 Å². The van der Waals surface area contributed by atoms with Gasteiger partial charge in [0.1, 0.15) is 30.9 Å². The number of nitrogens with zero attached hydrogens (tertiary/aromatic N) is 2. The van der Waals surface area contributed by atoms with Crippen molar-refractivity contribution in [3.63, 3.8) is 0 Å². The predicted molar refractivity (Wildman–Crippen MR) is 180 cm³/mol. The summed E-state index contributed by atoms with van der Waals surface area (Å²) in [7, 11) is 0. The molecule has 0 unspecified atom stereocenters. The summed E-state index contributed by atoms with van der Waals surface area (Å²) in [5.41, 5.74) is 3.44. The average molecular weight is 691 g/mol. The highest BCUT2D eigenvalue weighted by Crippen LogP contribution is 2.28. The van der Waals surface area contributed by atoms with E-state index in [2.05, 4.69) is 15.6 Å². The largest absolute Gasteiger partial charge is 0.458 e. The van der Waals surface area contributed by atoms with Crippen molar-refractivity contribution in [1.82, 2.24) is 20.5 Å². The molecule has 1 aliphatic heterocycles. The monoisotopic (exact) mass is 690 g/mol. The van der Waals surface area contributed by atoms with Crippen LogP contribution in [0.25, 0.3) is 10.4 Å². The molecule has 1 aromatic carbocycles. The number of carbonyl (C=O) groups excluding carboxylic acids is 4. The van der Waals surface area contributed by atoms with Gasteiger partial charge in [-0.1, -0.05) is 45.0 Å². The lowest BCUT2D eigenvalue weighted by Gasteiger charge is -2.35. The van der Waals surface area contributed by atoms with Crippen LogP contribution in [0.5, 0.6) is 0 Å². The van der Waals surface area contributed by atoms with Gasteiger partial charge in [0.2, 0.25) is 17.7 Å². The highest BCUT2D eigenvalue weighted by molar-refractivity contribution is 7.13. The fraction of sp³-hybridized carbons (Fsp3) is 0.618. The van der Waals surface area contributed by atoms with Gasteiger partial charge in [-0.2, -0.15) is 0 Å². The normalized spacial score (nSPS) is 17.2. The molecule has 13 nitrogen and oxygen atoms in total. The minimum Gasteiger partial charge on any atom is -0.458 e. The van der Waals surface area contributed by atoms with E-state index in [1.165, 1.54) is 4.90 Å². The number of carbonyl (C=O) groups is 4. The predicted octanol–water partition coefficient (Wildman–Crippen LogP) is 2.62. The Morgan fingerprint density at radius 3 is 2.19 bits per heavy atom. The third-order valence-corrected chi connectivity index (χ3v) is 8.31. The quantitative estimate of drug-likeness (QED) is 0.176. The van der Waals surface area contributed by atoms with Crippen molar-refractivity contribution >= 4 is 35.0 Å². The zero-order valence-corrected chi connectivity index (χ0v) is 29.8. The second kappa shape index (κ2) is 17.8. The number of hydrogen-bond donors (Lipinski definition) is 3. The van der Waals surface area contributed by atoms with Crippen LogP contribution in [0.4, 0.5) is 0 Å². The summed E-state index contributed by atoms with van der Waals surface area (Å²) < 4.78 is 21.2. The van der Waals surface area contributed by atoms with Gasteiger partial charge in [0.05, 0.1) is 48.6 Å². The molecule has 3 amide bonds. The van der Waals surface area contributed by atoms with Crippen LogP contribution < -0.4 is 10.6 Å². The van der Waals surface area contributed by atoms with Gasteiger partial charge in [-0.05, 0) is 44.2 Å². The third kappa shape index (κ3) is 12.5. The first-order valence-corrected chi connectivity index (χ1v) is 16.9. The Morgan fingerprint density at radius 2 is 1.60 bits per heavy atom. The maximum absolute atomic E-state index is 13.8. The van der Waals surface area contributed by atoms with E-state index in [0.717, 1.165) is 21.7 Å². The van der Waals surface area contributed by atoms with Crippen LogP contribution in [-0.2, 0) is 44.7 Å². The first kappa shape index (κ1) is 39.0. The molecule has 0 spiro atoms. The third-order valence-electron chi connectivity index (χ3n) is 7.33. The van der Waals surface area contributed by atoms with E-state index in [4.69, 9.17) is 18.9 Å². The van der Waals surface area contributed by atoms with E-state index < -0.39 is 47.0 Å². The summed E-state index contributed by atoms with van der Waals surface area (Å²) in [4.78, 5) is 58.2. The SMILES string of the molecule is Cc1ncsc1-c1ccc(CNC(=O)[C@@H]2C[C@@H](O)CN2C(=O)[C@@H](NC(=O)COCCOCCOCC(=O)OC(C)(C)C)C(C)(C)C)cc1. The van der Waals surface area contributed by atoms with Crippen molar-refractivity contribution in [2.45, 2.75) is 85.2 Å². The van der Waals surface area contributed by atoms with Gasteiger partial charge < -0.3 is 39.6 Å². The molecule has 14 heteroatoms. The molecule has 2 heterocycles. The Morgan fingerprint density at radius 1 is 0.979 bits per heavy atom. The van der Waals surface area contributed by atoms with Crippen molar-refractivity contribution in [3.05, 3.63) is 41.0 Å². The summed E-state index contributed by atoms with van der Waals surface area (Å²) >= 11 is 1.57. The minimum absolute atomic E-state index is 0.0163. The standard InChI is InChI=1S/C34H50N4O9S/c1-22-29(48-21-36-22)24-10-8-23(9-11-24)17-35-31(42)26-16-25(39)18-38(26)32(43)30(33(2,3)4)37-27(40)19-45-14-12-44-13-15-46-20-28(41)47-34(5,6)7/h8-11,21,25-26,30,39H,12-20H2,1-7H3,(H,35,42)(H,37,40)/t25-,26+,30-/m1/s1. The van der Waals surface area contributed by atoms with Gasteiger partial charge in [-0.15, -0.1) is 11.3 Å². The van der Waals surface area contributed by atoms with Crippen LogP contribution in [0.3, 0.4) is 0 Å². The molecule has 1 fully saturated rings. The average Bonchev–Trinajstić information content (AvgIpc) is 3.61. The Balaban J connectivity index is 1.44. The van der Waals surface area contributed by atoms with E-state index in [1.807, 2.05) is 52.0 Å². The number of aromatic nitrogens is 1. The zero-order valence-electron chi connectivity index (χ0n) is 29.0. The summed E-state index contributed by atoms with van der Waals surface area (Å²) in [6.07, 6.45) is -0.768. The number of ether oxygens (including phenoxy) is 4. The molecule has 0 radical (unpaired) electrons. The van der Waals surface area contributed by atoms with Gasteiger partial charge in [0, 0.05) is 19.5 Å². The molecule has 48 heavy (non-hydrogen) atoms. The maximum Gasteiger partial charge on any atom is 0.332 e. The molecule has 0 saturated carbocycles. The number of rotatable bonds is 16. The number of nitrogens with one attached hydrogen (secondary N) is 2. The maximum atomic E-state index is 13.8. The number of hydrogen-bond acceptors (Lipinski definition) is 11. The van der Waals surface area contributed by atoms with Crippen LogP contribution >= 0.6 is 11.3 Å². The lowest BCUT2D eigenvalue weighted by Crippen LogP contribution is -2.58. The molecule has 0 aliphatic carbocycles. The fourth-order valence-electron chi connectivity index (χ4n) is 5.01. The Kier molecular flexibility index (Phi) is 14.5. The Labute approximate surface area is 286 Å². The van der Waals surface area contributed by atoms with Crippen LogP contribution in [0.15, 0.2) is 29.8 Å². The number of esters is 1. The van der Waals surface area contributed by atoms with Crippen molar-refractivity contribution in [3.8, 4) is 10.4 Å². The van der Waals surface area contributed by atoms with Crippen molar-refractivity contribution in [2.75, 3.05) is 46.2 Å². The van der Waals surface area contributed by atoms with Crippen LogP contribution in [0, 0.1) is 12.3 Å². The number of thiazole rings is 1. The molecule has 0 bridgehead atoms. The summed E-state index contributed by atoms with van der Waals surface area (Å²) in [5.74, 6) is -1.78. The molecular formula is C34H50N4O9S. The molecule has 3 atom stereocenters. The second-order valence-corrected chi connectivity index (χ2v) is 14.6. The number of β-amino-alcohol motifs (C(OH)–C–C–N with tert-alkyl or cyclic N) is 1. The molecular weight excluding hydrogens is 640 g/mol. The van der Waals surface area contributed by atoms with E-state index in [0.29, 0.717) is 0 Å². The Bertz CT molecular complexity index is 1370. The first-order chi connectivity index (χ1) is 22.5. The second-order valence-electron chi connectivity index (χ2n) is 13.7. The molecule has 2 aromatic rings. The Hall–Kier alpha value is -3.43. The number of benzene rings is 1. The van der Waals surface area contributed by atoms with Gasteiger partial charge >= 0.3 is 5.97 Å². The van der Waals surface area contributed by atoms with Crippen LogP contribution in [0.1, 0.15) is 59.2 Å². The minimum atomic E-state index is -0.963. The van der Waals surface area contributed by atoms with Crippen LogP contribution in [0.2, 0.25) is 0 Å². The van der Waals surface area contributed by atoms with Crippen LogP contribution in [-0.4, -0.2) is 109 Å². The number of aliphatic hydroxyl groups excluding tert-OH is 1. The van der Waals surface area contributed by atoms with E-state index in [-0.39, 0.29) is 65.1 Å². The van der Waals surface area contributed by atoms with E-state index >= 15 is 0 Å². The first-order valence-electron chi connectivity index (χ1n) is 16.0. The van der Waals surface area contributed by atoms with Crippen molar-refractivity contribution in [1.29, 1.82) is 0 Å². The summed E-state index contributed by atoms with van der Waals surface area (Å²) in [6, 6.07) is 5.99. The van der Waals surface area contributed by atoms with E-state index in [9.17, 15) is 24.3 Å². The number of likely N-dealkylation sites (tertiary alicyclic amines) is 1. The number of aliphatic hydroxyl groups is 1.